The SMILES string of the molecule is CCNCc1nc(CN(C)c2cc(C)cc(C)c2)cs1. The van der Waals surface area contributed by atoms with Crippen LogP contribution in [0.4, 0.5) is 5.69 Å². The van der Waals surface area contributed by atoms with E-state index < -0.39 is 0 Å². The van der Waals surface area contributed by atoms with Crippen LogP contribution in [0, 0.1) is 13.8 Å². The molecular weight excluding hydrogens is 266 g/mol. The van der Waals surface area contributed by atoms with Gasteiger partial charge in [0.2, 0.25) is 0 Å². The minimum absolute atomic E-state index is 0.853. The average molecular weight is 289 g/mol. The Labute approximate surface area is 125 Å². The Kier molecular flexibility index (Phi) is 5.15. The summed E-state index contributed by atoms with van der Waals surface area (Å²) in [6.07, 6.45) is 0. The largest absolute Gasteiger partial charge is 0.369 e. The monoisotopic (exact) mass is 289 g/mol. The molecule has 108 valence electrons. The van der Waals surface area contributed by atoms with Crippen LogP contribution in [-0.2, 0) is 13.1 Å². The Hall–Kier alpha value is -1.39. The van der Waals surface area contributed by atoms with E-state index in [9.17, 15) is 0 Å². The summed E-state index contributed by atoms with van der Waals surface area (Å²) in [5.74, 6) is 0. The molecular formula is C16H23N3S. The van der Waals surface area contributed by atoms with Gasteiger partial charge in [-0.1, -0.05) is 13.0 Å². The highest BCUT2D eigenvalue weighted by molar-refractivity contribution is 7.09. The van der Waals surface area contributed by atoms with Crippen LogP contribution in [0.15, 0.2) is 23.6 Å². The fraction of sp³-hybridized carbons (Fsp3) is 0.438. The maximum atomic E-state index is 4.67. The van der Waals surface area contributed by atoms with Gasteiger partial charge in [0.15, 0.2) is 0 Å². The molecule has 0 aliphatic carbocycles. The zero-order valence-corrected chi connectivity index (χ0v) is 13.5. The van der Waals surface area contributed by atoms with Crippen LogP contribution in [0.5, 0.6) is 0 Å². The summed E-state index contributed by atoms with van der Waals surface area (Å²) in [6, 6.07) is 6.65. The van der Waals surface area contributed by atoms with E-state index in [0.717, 1.165) is 30.3 Å². The third kappa shape index (κ3) is 4.05. The van der Waals surface area contributed by atoms with Gasteiger partial charge < -0.3 is 10.2 Å². The second-order valence-electron chi connectivity index (χ2n) is 5.21. The van der Waals surface area contributed by atoms with Crippen molar-refractivity contribution in [2.45, 2.75) is 33.9 Å². The van der Waals surface area contributed by atoms with Gasteiger partial charge in [0.05, 0.1) is 12.2 Å². The maximum Gasteiger partial charge on any atom is 0.107 e. The molecule has 3 nitrogen and oxygen atoms in total. The van der Waals surface area contributed by atoms with Gasteiger partial charge in [-0.05, 0) is 43.7 Å². The molecule has 1 aromatic carbocycles. The van der Waals surface area contributed by atoms with Crippen molar-refractivity contribution in [3.63, 3.8) is 0 Å². The highest BCUT2D eigenvalue weighted by atomic mass is 32.1. The normalized spacial score (nSPS) is 10.8. The Bertz CT molecular complexity index is 542. The van der Waals surface area contributed by atoms with Crippen molar-refractivity contribution in [2.24, 2.45) is 0 Å². The van der Waals surface area contributed by atoms with Crippen LogP contribution >= 0.6 is 11.3 Å². The molecule has 1 N–H and O–H groups in total. The van der Waals surface area contributed by atoms with Crippen molar-refractivity contribution in [1.29, 1.82) is 0 Å². The van der Waals surface area contributed by atoms with Crippen molar-refractivity contribution >= 4 is 17.0 Å². The zero-order chi connectivity index (χ0) is 14.5. The van der Waals surface area contributed by atoms with E-state index in [0.29, 0.717) is 0 Å². The van der Waals surface area contributed by atoms with E-state index in [1.807, 2.05) is 0 Å². The molecule has 4 heteroatoms. The first kappa shape index (κ1) is 15.0. The number of thiazole rings is 1. The van der Waals surface area contributed by atoms with Crippen molar-refractivity contribution in [3.05, 3.63) is 45.4 Å². The molecule has 0 radical (unpaired) electrons. The number of hydrogen-bond donors (Lipinski definition) is 1. The van der Waals surface area contributed by atoms with Gasteiger partial charge in [-0.15, -0.1) is 11.3 Å². The molecule has 0 bridgehead atoms. The van der Waals surface area contributed by atoms with E-state index in [1.54, 1.807) is 11.3 Å². The van der Waals surface area contributed by atoms with Gasteiger partial charge >= 0.3 is 0 Å². The number of nitrogens with one attached hydrogen (secondary N) is 1. The zero-order valence-electron chi connectivity index (χ0n) is 12.7. The van der Waals surface area contributed by atoms with Gasteiger partial charge in [0.25, 0.3) is 0 Å². The van der Waals surface area contributed by atoms with Crippen molar-refractivity contribution in [1.82, 2.24) is 10.3 Å². The standard InChI is InChI=1S/C16H23N3S/c1-5-17-9-16-18-14(11-20-16)10-19(4)15-7-12(2)6-13(3)8-15/h6-8,11,17H,5,9-10H2,1-4H3. The fourth-order valence-electron chi connectivity index (χ4n) is 2.24. The van der Waals surface area contributed by atoms with Gasteiger partial charge in [-0.2, -0.15) is 0 Å². The fourth-order valence-corrected chi connectivity index (χ4v) is 2.99. The maximum absolute atomic E-state index is 4.67. The number of aryl methyl sites for hydroxylation is 2. The highest BCUT2D eigenvalue weighted by Crippen LogP contribution is 2.20. The van der Waals surface area contributed by atoms with Gasteiger partial charge in [-0.25, -0.2) is 4.98 Å². The van der Waals surface area contributed by atoms with Gasteiger partial charge in [0, 0.05) is 24.7 Å². The van der Waals surface area contributed by atoms with Crippen LogP contribution in [0.25, 0.3) is 0 Å². The molecule has 0 unspecified atom stereocenters. The van der Waals surface area contributed by atoms with Crippen LogP contribution in [0.3, 0.4) is 0 Å². The lowest BCUT2D eigenvalue weighted by molar-refractivity contribution is 0.718. The summed E-state index contributed by atoms with van der Waals surface area (Å²) in [4.78, 5) is 6.93. The summed E-state index contributed by atoms with van der Waals surface area (Å²) in [5, 5.41) is 6.63. The van der Waals surface area contributed by atoms with Crippen molar-refractivity contribution in [3.8, 4) is 0 Å². The lowest BCUT2D eigenvalue weighted by Gasteiger charge is -2.19. The molecule has 0 saturated carbocycles. The Morgan fingerprint density at radius 2 is 1.90 bits per heavy atom. The summed E-state index contributed by atoms with van der Waals surface area (Å²) < 4.78 is 0. The lowest BCUT2D eigenvalue weighted by Crippen LogP contribution is -2.17. The van der Waals surface area contributed by atoms with E-state index >= 15 is 0 Å². The molecule has 1 aromatic heterocycles. The first-order valence-corrected chi connectivity index (χ1v) is 7.90. The quantitative estimate of drug-likeness (QED) is 0.882. The molecule has 0 saturated heterocycles. The molecule has 2 aromatic rings. The minimum atomic E-state index is 0.853. The van der Waals surface area contributed by atoms with Crippen LogP contribution in [-0.4, -0.2) is 18.6 Å². The first-order chi connectivity index (χ1) is 9.58. The van der Waals surface area contributed by atoms with E-state index in [1.165, 1.54) is 16.8 Å². The van der Waals surface area contributed by atoms with Crippen LogP contribution < -0.4 is 10.2 Å². The highest BCUT2D eigenvalue weighted by Gasteiger charge is 2.07. The third-order valence-corrected chi connectivity index (χ3v) is 4.07. The predicted octanol–water partition coefficient (Wildman–Crippen LogP) is 3.51. The number of rotatable bonds is 6. The molecule has 2 rings (SSSR count). The van der Waals surface area contributed by atoms with Gasteiger partial charge in [0.1, 0.15) is 5.01 Å². The Morgan fingerprint density at radius 1 is 1.20 bits per heavy atom. The van der Waals surface area contributed by atoms with E-state index in [2.05, 4.69) is 66.6 Å². The van der Waals surface area contributed by atoms with E-state index in [4.69, 9.17) is 0 Å². The smallest absolute Gasteiger partial charge is 0.107 e. The molecule has 0 spiro atoms. The molecule has 20 heavy (non-hydrogen) atoms. The summed E-state index contributed by atoms with van der Waals surface area (Å²) in [6.45, 7) is 9.10. The number of hydrogen-bond acceptors (Lipinski definition) is 4. The number of anilines is 1. The minimum Gasteiger partial charge on any atom is -0.369 e. The molecule has 0 amide bonds. The molecule has 1 heterocycles. The predicted molar refractivity (Wildman–Crippen MR) is 87.5 cm³/mol. The Morgan fingerprint density at radius 3 is 2.55 bits per heavy atom. The number of aromatic nitrogens is 1. The second kappa shape index (κ2) is 6.86. The van der Waals surface area contributed by atoms with Crippen molar-refractivity contribution in [2.75, 3.05) is 18.5 Å². The molecule has 0 fully saturated rings. The average Bonchev–Trinajstić information content (AvgIpc) is 2.82. The number of nitrogens with zero attached hydrogens (tertiary/aromatic N) is 2. The summed E-state index contributed by atoms with van der Waals surface area (Å²) >= 11 is 1.73. The summed E-state index contributed by atoms with van der Waals surface area (Å²) in [5.41, 5.74) is 5.00. The third-order valence-electron chi connectivity index (χ3n) is 3.17. The topological polar surface area (TPSA) is 28.2 Å². The van der Waals surface area contributed by atoms with Gasteiger partial charge in [-0.3, -0.25) is 0 Å². The van der Waals surface area contributed by atoms with E-state index in [-0.39, 0.29) is 0 Å². The lowest BCUT2D eigenvalue weighted by atomic mass is 10.1. The number of benzene rings is 1. The first-order valence-electron chi connectivity index (χ1n) is 7.02. The molecule has 0 aliphatic rings. The Balaban J connectivity index is 2.03. The second-order valence-corrected chi connectivity index (χ2v) is 6.16. The molecule has 0 aliphatic heterocycles. The van der Waals surface area contributed by atoms with Crippen LogP contribution in [0.2, 0.25) is 0 Å². The van der Waals surface area contributed by atoms with Crippen LogP contribution in [0.1, 0.15) is 28.8 Å². The molecule has 0 atom stereocenters. The summed E-state index contributed by atoms with van der Waals surface area (Å²) in [7, 11) is 2.12. The van der Waals surface area contributed by atoms with Crippen molar-refractivity contribution < 1.29 is 0 Å².